The number of aliphatic hydroxyl groups is 2. The van der Waals surface area contributed by atoms with E-state index in [1.807, 2.05) is 62.4 Å². The van der Waals surface area contributed by atoms with Crippen molar-refractivity contribution in [1.82, 2.24) is 20.6 Å². The number of aliphatic hydroxyl groups excluding tert-OH is 2. The van der Waals surface area contributed by atoms with Gasteiger partial charge in [0.15, 0.2) is 0 Å². The highest BCUT2D eigenvalue weighted by Gasteiger charge is 2.25. The van der Waals surface area contributed by atoms with E-state index in [9.17, 15) is 30.0 Å². The molecule has 0 aliphatic rings. The van der Waals surface area contributed by atoms with E-state index in [1.165, 1.54) is 13.8 Å². The topological polar surface area (TPSA) is 227 Å². The fourth-order valence-corrected chi connectivity index (χ4v) is 8.28. The smallest absolute Gasteiger partial charge is 0.323 e. The molecule has 378 valence electrons. The first-order chi connectivity index (χ1) is 34.6. The van der Waals surface area contributed by atoms with E-state index in [4.69, 9.17) is 42.1 Å². The molecule has 2 aromatic heterocycles. The molecule has 18 heteroatoms. The number of aliphatic imine (C=N–C) groups is 2. The number of hydrogen-bond donors (Lipinski definition) is 6. The van der Waals surface area contributed by atoms with E-state index >= 15 is 0 Å². The third-order valence-corrected chi connectivity index (χ3v) is 12.3. The number of hydrogen-bond acceptors (Lipinski definition) is 14. The van der Waals surface area contributed by atoms with Crippen LogP contribution in [0.4, 0.5) is 0 Å². The summed E-state index contributed by atoms with van der Waals surface area (Å²) in [7, 11) is 3.34. The van der Waals surface area contributed by atoms with Crippen LogP contribution in [-0.2, 0) is 49.1 Å². The van der Waals surface area contributed by atoms with Gasteiger partial charge in [0.05, 0.1) is 22.3 Å². The minimum atomic E-state index is -1.23. The highest BCUT2D eigenvalue weighted by atomic mass is 35.5. The number of aliphatic carboxylic acids is 2. The average molecular weight is 1020 g/mol. The quantitative estimate of drug-likeness (QED) is 0.0297. The Morgan fingerprint density at radius 1 is 0.583 bits per heavy atom. The monoisotopic (exact) mass is 1020 g/mol. The van der Waals surface area contributed by atoms with Gasteiger partial charge < -0.3 is 39.4 Å². The molecule has 6 aromatic rings. The minimum absolute atomic E-state index is 0.0284. The third-order valence-electron chi connectivity index (χ3n) is 11.7. The zero-order valence-electron chi connectivity index (χ0n) is 40.7. The van der Waals surface area contributed by atoms with Gasteiger partial charge in [0.2, 0.25) is 0 Å². The lowest BCUT2D eigenvalue weighted by atomic mass is 9.92. The maximum absolute atomic E-state index is 11.9. The molecule has 6 N–H and O–H groups in total. The molecule has 4 aromatic carbocycles. The molecule has 16 nitrogen and oxygen atoms in total. The van der Waals surface area contributed by atoms with Crippen LogP contribution >= 0.6 is 23.2 Å². The summed E-state index contributed by atoms with van der Waals surface area (Å²) >= 11 is 13.7. The van der Waals surface area contributed by atoms with E-state index in [0.717, 1.165) is 55.6 Å². The lowest BCUT2D eigenvalue weighted by Gasteiger charge is -2.20. The molecule has 0 radical (unpaired) electrons. The number of carboxylic acid groups (broad SMARTS) is 2. The number of benzene rings is 4. The number of pyridine rings is 2. The summed E-state index contributed by atoms with van der Waals surface area (Å²) in [5.74, 6) is -0.915. The molecule has 2 heterocycles. The molecule has 4 atom stereocenters. The lowest BCUT2D eigenvalue weighted by Crippen LogP contribution is -2.44. The Morgan fingerprint density at radius 3 is 1.33 bits per heavy atom. The predicted octanol–water partition coefficient (Wildman–Crippen LogP) is 8.33. The van der Waals surface area contributed by atoms with Crippen LogP contribution in [0.25, 0.3) is 11.1 Å². The number of nitrogens with one attached hydrogen (secondary N) is 2. The fourth-order valence-electron chi connectivity index (χ4n) is 7.80. The summed E-state index contributed by atoms with van der Waals surface area (Å²) in [5.41, 5.74) is 9.98. The summed E-state index contributed by atoms with van der Waals surface area (Å²) in [6.45, 7) is 7.48. The molecule has 0 amide bonds. The van der Waals surface area contributed by atoms with Crippen molar-refractivity contribution in [2.45, 2.75) is 91.5 Å². The first-order valence-corrected chi connectivity index (χ1v) is 23.7. The van der Waals surface area contributed by atoms with Crippen LogP contribution in [-0.4, -0.2) is 93.1 Å². The van der Waals surface area contributed by atoms with Crippen LogP contribution in [0.2, 0.25) is 10.0 Å². The second-order valence-corrected chi connectivity index (χ2v) is 17.8. The van der Waals surface area contributed by atoms with Gasteiger partial charge in [0.1, 0.15) is 61.5 Å². The van der Waals surface area contributed by atoms with Gasteiger partial charge in [0, 0.05) is 110 Å². The van der Waals surface area contributed by atoms with Crippen molar-refractivity contribution >= 4 is 47.6 Å². The summed E-state index contributed by atoms with van der Waals surface area (Å²) < 4.78 is 25.3. The minimum Gasteiger partial charge on any atom is -0.488 e. The van der Waals surface area contributed by atoms with Crippen molar-refractivity contribution in [2.24, 2.45) is 9.98 Å². The number of carboxylic acids is 2. The van der Waals surface area contributed by atoms with Gasteiger partial charge in [-0.25, -0.2) is 0 Å². The van der Waals surface area contributed by atoms with Gasteiger partial charge in [-0.2, -0.15) is 0 Å². The van der Waals surface area contributed by atoms with Crippen molar-refractivity contribution in [3.63, 3.8) is 0 Å². The molecule has 72 heavy (non-hydrogen) atoms. The lowest BCUT2D eigenvalue weighted by molar-refractivity contribution is -0.143. The molecule has 0 aliphatic heterocycles. The Labute approximate surface area is 428 Å². The van der Waals surface area contributed by atoms with Crippen LogP contribution in [0.3, 0.4) is 0 Å². The first-order valence-electron chi connectivity index (χ1n) is 22.9. The van der Waals surface area contributed by atoms with Crippen LogP contribution in [0, 0.1) is 13.8 Å². The number of ether oxygens (including phenoxy) is 4. The highest BCUT2D eigenvalue weighted by molar-refractivity contribution is 6.32. The Morgan fingerprint density at radius 2 is 0.972 bits per heavy atom. The Balaban J connectivity index is 1.21. The van der Waals surface area contributed by atoms with Crippen LogP contribution in [0.15, 0.2) is 108 Å². The number of halogens is 2. The molecule has 0 fully saturated rings. The molecule has 0 saturated heterocycles. The molecule has 6 rings (SSSR count). The maximum atomic E-state index is 11.9. The molecule has 0 unspecified atom stereocenters. The van der Waals surface area contributed by atoms with E-state index < -0.39 is 36.2 Å². The van der Waals surface area contributed by atoms with E-state index in [2.05, 4.69) is 30.6 Å². The van der Waals surface area contributed by atoms with Gasteiger partial charge in [-0.05, 0) is 85.3 Å². The number of aromatic nitrogens is 2. The Hall–Kier alpha value is -6.92. The largest absolute Gasteiger partial charge is 0.488 e. The first kappa shape index (κ1) is 54.4. The van der Waals surface area contributed by atoms with Crippen LogP contribution in [0.5, 0.6) is 23.0 Å². The second kappa shape index (κ2) is 26.0. The molecule has 0 bridgehead atoms. The standard InChI is InChI=1S/C54H58Cl2N6O10/c1-31-39(29-71-49-17-47(69-27-37-13-35(19-57-5)21-59-23-37)41(15-45(49)55)25-61-51(33(3)63)53(65)66)9-7-11-43(31)44-12-8-10-40(32(44)2)30-72-50-18-48(70-28-38-14-36(20-58-6)22-60-24-38)42(16-46(50)56)26-62-52(34(4)64)54(67)68/h7-24,33-34,51-52,61-64H,25-30H2,1-6H3,(H,65,66)(H,67,68)/b57-19+,58-20+/t33-,34-,51-,52-/m0/s1. The van der Waals surface area contributed by atoms with Gasteiger partial charge in [-0.15, -0.1) is 0 Å². The van der Waals surface area contributed by atoms with E-state index in [1.54, 1.807) is 75.6 Å². The van der Waals surface area contributed by atoms with E-state index in [-0.39, 0.29) is 49.6 Å². The summed E-state index contributed by atoms with van der Waals surface area (Å²) in [6, 6.07) is 20.0. The molecule has 0 saturated carbocycles. The van der Waals surface area contributed by atoms with Crippen molar-refractivity contribution in [1.29, 1.82) is 0 Å². The average Bonchev–Trinajstić information content (AvgIpc) is 3.33. The van der Waals surface area contributed by atoms with Crippen molar-refractivity contribution in [3.05, 3.63) is 163 Å². The Bertz CT molecular complexity index is 2720. The van der Waals surface area contributed by atoms with Crippen LogP contribution < -0.4 is 29.6 Å². The van der Waals surface area contributed by atoms with Crippen molar-refractivity contribution < 1.29 is 49.0 Å². The predicted molar refractivity (Wildman–Crippen MR) is 277 cm³/mol. The third kappa shape index (κ3) is 14.6. The zero-order chi connectivity index (χ0) is 51.9. The second-order valence-electron chi connectivity index (χ2n) is 17.0. The normalized spacial score (nSPS) is 13.2. The highest BCUT2D eigenvalue weighted by Crippen LogP contribution is 2.37. The zero-order valence-corrected chi connectivity index (χ0v) is 42.2. The molecule has 0 spiro atoms. The summed E-state index contributed by atoms with van der Waals surface area (Å²) in [6.07, 6.45) is 7.78. The summed E-state index contributed by atoms with van der Waals surface area (Å²) in [5, 5.41) is 45.9. The van der Waals surface area contributed by atoms with Crippen molar-refractivity contribution in [2.75, 3.05) is 14.1 Å². The van der Waals surface area contributed by atoms with Crippen molar-refractivity contribution in [3.8, 4) is 34.1 Å². The maximum Gasteiger partial charge on any atom is 0.323 e. The number of carbonyl (C=O) groups is 2. The van der Waals surface area contributed by atoms with Gasteiger partial charge in [-0.3, -0.25) is 40.2 Å². The molecular formula is C54H58Cl2N6O10. The SMILES string of the molecule is C/N=C/c1cncc(COc2cc(OCc3cccc(-c4cccc(COc5cc(OCc6cncc(/C=N/C)c6)c(CN[C@H](C(=O)O)[C@H](C)O)cc5Cl)c4C)c3C)c(Cl)cc2CN[C@H](C(=O)O)[C@H](C)O)c1. The van der Waals surface area contributed by atoms with Gasteiger partial charge in [0.25, 0.3) is 0 Å². The van der Waals surface area contributed by atoms with Crippen LogP contribution in [0.1, 0.15) is 69.5 Å². The van der Waals surface area contributed by atoms with Gasteiger partial charge in [-0.1, -0.05) is 59.6 Å². The number of rotatable bonds is 25. The Kier molecular flexibility index (Phi) is 19.6. The van der Waals surface area contributed by atoms with Gasteiger partial charge >= 0.3 is 11.9 Å². The number of nitrogens with zero attached hydrogens (tertiary/aromatic N) is 4. The van der Waals surface area contributed by atoms with E-state index in [0.29, 0.717) is 34.1 Å². The molecule has 0 aliphatic carbocycles. The summed E-state index contributed by atoms with van der Waals surface area (Å²) in [4.78, 5) is 40.4. The molecular weight excluding hydrogens is 964 g/mol. The fraction of sp³-hybridized carbons (Fsp3) is 0.296.